The largest absolute Gasteiger partial charge is 0.495 e. The number of ether oxygens (including phenoxy) is 1. The number of hydrogen-bond acceptors (Lipinski definition) is 4. The highest BCUT2D eigenvalue weighted by molar-refractivity contribution is 7.92. The van der Waals surface area contributed by atoms with E-state index in [0.717, 1.165) is 21.0 Å². The average molecular weight is 473 g/mol. The molecule has 0 bridgehead atoms. The highest BCUT2D eigenvalue weighted by Gasteiger charge is 2.28. The van der Waals surface area contributed by atoms with Gasteiger partial charge in [0.25, 0.3) is 10.0 Å². The van der Waals surface area contributed by atoms with Crippen molar-refractivity contribution in [3.05, 3.63) is 82.4 Å². The molecule has 168 valence electrons. The van der Waals surface area contributed by atoms with Gasteiger partial charge in [0.1, 0.15) is 12.3 Å². The summed E-state index contributed by atoms with van der Waals surface area (Å²) in [4.78, 5) is 13.1. The highest BCUT2D eigenvalue weighted by Crippen LogP contribution is 2.32. The van der Waals surface area contributed by atoms with Crippen molar-refractivity contribution in [1.82, 2.24) is 0 Å². The minimum Gasteiger partial charge on any atom is -0.495 e. The SMILES string of the molecule is COc1ccc(N(CC(=O)Nc2c(C)cc(C)cc2C)S(=O)(=O)c2ccccc2)cc1Cl. The molecule has 0 radical (unpaired) electrons. The van der Waals surface area contributed by atoms with E-state index in [0.29, 0.717) is 11.4 Å². The van der Waals surface area contributed by atoms with Gasteiger partial charge in [-0.05, 0) is 62.2 Å². The molecule has 8 heteroatoms. The molecule has 0 fully saturated rings. The van der Waals surface area contributed by atoms with Crippen molar-refractivity contribution in [2.45, 2.75) is 25.7 Å². The molecular formula is C24H25ClN2O4S. The third-order valence-electron chi connectivity index (χ3n) is 4.98. The van der Waals surface area contributed by atoms with Gasteiger partial charge in [-0.15, -0.1) is 0 Å². The van der Waals surface area contributed by atoms with Crippen molar-refractivity contribution in [1.29, 1.82) is 0 Å². The Morgan fingerprint density at radius 3 is 2.19 bits per heavy atom. The van der Waals surface area contributed by atoms with Crippen LogP contribution in [-0.4, -0.2) is 28.0 Å². The standard InChI is InChI=1S/C24H25ClN2O4S/c1-16-12-17(2)24(18(3)13-16)26-23(28)15-27(19-10-11-22(31-4)21(25)14-19)32(29,30)20-8-6-5-7-9-20/h5-14H,15H2,1-4H3,(H,26,28). The van der Waals surface area contributed by atoms with Crippen molar-refractivity contribution < 1.29 is 17.9 Å². The molecule has 0 aliphatic rings. The maximum Gasteiger partial charge on any atom is 0.264 e. The molecule has 1 amide bonds. The molecule has 6 nitrogen and oxygen atoms in total. The Bertz CT molecular complexity index is 1220. The second kappa shape index (κ2) is 9.63. The van der Waals surface area contributed by atoms with Crippen LogP contribution in [-0.2, 0) is 14.8 Å². The highest BCUT2D eigenvalue weighted by atomic mass is 35.5. The van der Waals surface area contributed by atoms with Crippen molar-refractivity contribution in [2.75, 3.05) is 23.3 Å². The summed E-state index contributed by atoms with van der Waals surface area (Å²) in [6.45, 7) is 5.36. The topological polar surface area (TPSA) is 75.7 Å². The summed E-state index contributed by atoms with van der Waals surface area (Å²) in [5, 5.41) is 3.10. The van der Waals surface area contributed by atoms with Gasteiger partial charge < -0.3 is 10.1 Å². The van der Waals surface area contributed by atoms with Crippen LogP contribution in [0.3, 0.4) is 0 Å². The number of rotatable bonds is 7. The molecule has 32 heavy (non-hydrogen) atoms. The third kappa shape index (κ3) is 5.06. The smallest absolute Gasteiger partial charge is 0.264 e. The first-order valence-corrected chi connectivity index (χ1v) is 11.7. The van der Waals surface area contributed by atoms with Crippen LogP contribution >= 0.6 is 11.6 Å². The maximum atomic E-state index is 13.4. The Morgan fingerprint density at radius 2 is 1.62 bits per heavy atom. The molecule has 0 aliphatic heterocycles. The van der Waals surface area contributed by atoms with E-state index >= 15 is 0 Å². The quantitative estimate of drug-likeness (QED) is 0.518. The van der Waals surface area contributed by atoms with Crippen LogP contribution in [0.1, 0.15) is 16.7 Å². The van der Waals surface area contributed by atoms with Crippen molar-refractivity contribution in [3.63, 3.8) is 0 Å². The normalized spacial score (nSPS) is 11.2. The Labute approximate surface area is 193 Å². The molecule has 0 spiro atoms. The van der Waals surface area contributed by atoms with E-state index in [2.05, 4.69) is 5.32 Å². The fourth-order valence-corrected chi connectivity index (χ4v) is 5.22. The second-order valence-corrected chi connectivity index (χ2v) is 9.73. The molecule has 3 aromatic rings. The fraction of sp³-hybridized carbons (Fsp3) is 0.208. The summed E-state index contributed by atoms with van der Waals surface area (Å²) in [7, 11) is -2.56. The first-order valence-electron chi connectivity index (χ1n) is 9.92. The Morgan fingerprint density at radius 1 is 1.00 bits per heavy atom. The zero-order valence-corrected chi connectivity index (χ0v) is 19.9. The van der Waals surface area contributed by atoms with Crippen molar-refractivity contribution >= 4 is 38.9 Å². The summed E-state index contributed by atoms with van der Waals surface area (Å²) in [6.07, 6.45) is 0. The summed E-state index contributed by atoms with van der Waals surface area (Å²) >= 11 is 6.25. The van der Waals surface area contributed by atoms with Gasteiger partial charge in [0.15, 0.2) is 0 Å². The zero-order chi connectivity index (χ0) is 23.5. The first-order chi connectivity index (χ1) is 15.1. The van der Waals surface area contributed by atoms with Gasteiger partial charge in [-0.25, -0.2) is 8.42 Å². The molecule has 0 aromatic heterocycles. The van der Waals surface area contributed by atoms with Gasteiger partial charge in [-0.3, -0.25) is 9.10 Å². The number of hydrogen-bond donors (Lipinski definition) is 1. The number of nitrogens with one attached hydrogen (secondary N) is 1. The number of amides is 1. The molecular weight excluding hydrogens is 448 g/mol. The minimum absolute atomic E-state index is 0.0717. The van der Waals surface area contributed by atoms with E-state index in [1.807, 2.05) is 32.9 Å². The van der Waals surface area contributed by atoms with Crippen LogP contribution in [0.2, 0.25) is 5.02 Å². The minimum atomic E-state index is -4.03. The van der Waals surface area contributed by atoms with E-state index in [9.17, 15) is 13.2 Å². The Hall–Kier alpha value is -3.03. The van der Waals surface area contributed by atoms with Gasteiger partial charge >= 0.3 is 0 Å². The number of carbonyl (C=O) groups excluding carboxylic acids is 1. The molecule has 0 unspecified atom stereocenters. The lowest BCUT2D eigenvalue weighted by molar-refractivity contribution is -0.114. The molecule has 0 heterocycles. The third-order valence-corrected chi connectivity index (χ3v) is 7.07. The van der Waals surface area contributed by atoms with Crippen LogP contribution in [0, 0.1) is 20.8 Å². The number of methoxy groups -OCH3 is 1. The molecule has 3 rings (SSSR count). The Balaban J connectivity index is 2.00. The second-order valence-electron chi connectivity index (χ2n) is 7.47. The molecule has 0 saturated heterocycles. The summed E-state index contributed by atoms with van der Waals surface area (Å²) < 4.78 is 33.1. The molecule has 1 N–H and O–H groups in total. The number of nitrogens with zero attached hydrogens (tertiary/aromatic N) is 1. The van der Waals surface area contributed by atoms with E-state index in [1.54, 1.807) is 30.3 Å². The van der Waals surface area contributed by atoms with Crippen molar-refractivity contribution in [3.8, 4) is 5.75 Å². The first kappa shape index (κ1) is 23.6. The van der Waals surface area contributed by atoms with E-state index < -0.39 is 22.5 Å². The van der Waals surface area contributed by atoms with E-state index in [-0.39, 0.29) is 15.6 Å². The summed E-state index contributed by atoms with van der Waals surface area (Å²) in [6, 6.07) is 16.5. The average Bonchev–Trinajstić information content (AvgIpc) is 2.75. The molecule has 0 aliphatic carbocycles. The van der Waals surface area contributed by atoms with Crippen LogP contribution in [0.25, 0.3) is 0 Å². The number of halogens is 1. The summed E-state index contributed by atoms with van der Waals surface area (Å²) in [5.41, 5.74) is 3.82. The molecule has 3 aromatic carbocycles. The maximum absolute atomic E-state index is 13.4. The molecule has 0 atom stereocenters. The van der Waals surface area contributed by atoms with Gasteiger partial charge in [-0.2, -0.15) is 0 Å². The number of anilines is 2. The number of carbonyl (C=O) groups is 1. The number of aryl methyl sites for hydroxylation is 3. The number of sulfonamides is 1. The number of benzene rings is 3. The Kier molecular flexibility index (Phi) is 7.11. The van der Waals surface area contributed by atoms with Gasteiger partial charge in [0, 0.05) is 5.69 Å². The van der Waals surface area contributed by atoms with Crippen LogP contribution in [0.15, 0.2) is 65.6 Å². The van der Waals surface area contributed by atoms with Gasteiger partial charge in [0.2, 0.25) is 5.91 Å². The van der Waals surface area contributed by atoms with E-state index in [1.165, 1.54) is 25.3 Å². The lowest BCUT2D eigenvalue weighted by atomic mass is 10.1. The predicted molar refractivity (Wildman–Crippen MR) is 128 cm³/mol. The van der Waals surface area contributed by atoms with Gasteiger partial charge in [-0.1, -0.05) is 47.5 Å². The van der Waals surface area contributed by atoms with Crippen LogP contribution < -0.4 is 14.4 Å². The predicted octanol–water partition coefficient (Wildman–Crippen LogP) is 5.11. The lowest BCUT2D eigenvalue weighted by Gasteiger charge is -2.25. The van der Waals surface area contributed by atoms with Gasteiger partial charge in [0.05, 0.1) is 22.7 Å². The monoisotopic (exact) mass is 472 g/mol. The van der Waals surface area contributed by atoms with Crippen LogP contribution in [0.4, 0.5) is 11.4 Å². The van der Waals surface area contributed by atoms with E-state index in [4.69, 9.17) is 16.3 Å². The lowest BCUT2D eigenvalue weighted by Crippen LogP contribution is -2.38. The molecule has 0 saturated carbocycles. The summed E-state index contributed by atoms with van der Waals surface area (Å²) in [5.74, 6) is -0.0608. The van der Waals surface area contributed by atoms with Crippen LogP contribution in [0.5, 0.6) is 5.75 Å². The van der Waals surface area contributed by atoms with Crippen molar-refractivity contribution in [2.24, 2.45) is 0 Å². The fourth-order valence-electron chi connectivity index (χ4n) is 3.53. The zero-order valence-electron chi connectivity index (χ0n) is 18.3.